The molecule has 2 N–H and O–H groups in total. The fourth-order valence-corrected chi connectivity index (χ4v) is 5.21. The van der Waals surface area contributed by atoms with Crippen LogP contribution in [0.4, 0.5) is 11.4 Å². The van der Waals surface area contributed by atoms with Gasteiger partial charge in [-0.1, -0.05) is 80.3 Å². The lowest BCUT2D eigenvalue weighted by Gasteiger charge is -2.32. The van der Waals surface area contributed by atoms with Gasteiger partial charge in [0.05, 0.1) is 5.56 Å². The molecule has 0 aliphatic carbocycles. The molecule has 0 bridgehead atoms. The molecule has 0 radical (unpaired) electrons. The number of hydrogen-bond acceptors (Lipinski definition) is 6. The first-order chi connectivity index (χ1) is 20.9. The van der Waals surface area contributed by atoms with E-state index in [0.29, 0.717) is 34.9 Å². The minimum absolute atomic E-state index is 0.159. The van der Waals surface area contributed by atoms with E-state index in [2.05, 4.69) is 28.5 Å². The monoisotopic (exact) mass is 574 g/mol. The fraction of sp³-hybridized carbons (Fsp3) is 0.306. The van der Waals surface area contributed by atoms with E-state index in [1.807, 2.05) is 92.7 Å². The van der Waals surface area contributed by atoms with Crippen molar-refractivity contribution in [3.63, 3.8) is 0 Å². The largest absolute Gasteiger partial charge is 0.473 e. The summed E-state index contributed by atoms with van der Waals surface area (Å²) in [5.74, 6) is 1.35. The Bertz CT molecular complexity index is 1610. The second kappa shape index (κ2) is 14.8. The van der Waals surface area contributed by atoms with Gasteiger partial charge in [-0.2, -0.15) is 5.26 Å². The maximum absolute atomic E-state index is 12.9. The Kier molecular flexibility index (Phi) is 10.6. The second-order valence-electron chi connectivity index (χ2n) is 10.7. The summed E-state index contributed by atoms with van der Waals surface area (Å²) in [6.07, 6.45) is 5.28. The van der Waals surface area contributed by atoms with Crippen molar-refractivity contribution in [2.45, 2.75) is 64.6 Å². The molecule has 7 nitrogen and oxygen atoms in total. The topological polar surface area (TPSA) is 87.7 Å². The number of hydrogen-bond donors (Lipinski definition) is 2. The quantitative estimate of drug-likeness (QED) is 0.0639. The van der Waals surface area contributed by atoms with Crippen LogP contribution in [0.15, 0.2) is 78.9 Å². The highest BCUT2D eigenvalue weighted by atomic mass is 16.5. The summed E-state index contributed by atoms with van der Waals surface area (Å²) in [6.45, 7) is 14.0. The number of carbonyl (C=O) groups excluding carboxylic acids is 1. The van der Waals surface area contributed by atoms with Crippen LogP contribution < -0.4 is 20.1 Å². The molecule has 0 aliphatic heterocycles. The Morgan fingerprint density at radius 1 is 0.977 bits per heavy atom. The Labute approximate surface area is 254 Å². The predicted molar refractivity (Wildman–Crippen MR) is 172 cm³/mol. The van der Waals surface area contributed by atoms with E-state index in [1.165, 1.54) is 0 Å². The minimum atomic E-state index is -1.31. The van der Waals surface area contributed by atoms with E-state index in [-0.39, 0.29) is 6.73 Å². The summed E-state index contributed by atoms with van der Waals surface area (Å²) in [6, 6.07) is 25.9. The van der Waals surface area contributed by atoms with Crippen LogP contribution in [0.5, 0.6) is 11.5 Å². The molecule has 0 fully saturated rings. The number of nitrogens with one attached hydrogen (secondary N) is 2. The van der Waals surface area contributed by atoms with Crippen LogP contribution in [-0.2, 0) is 4.79 Å². The van der Waals surface area contributed by atoms with E-state index in [4.69, 9.17) is 16.0 Å². The predicted octanol–water partition coefficient (Wildman–Crippen LogP) is 8.75. The van der Waals surface area contributed by atoms with Crippen molar-refractivity contribution in [2.24, 2.45) is 0 Å². The van der Waals surface area contributed by atoms with E-state index in [1.54, 1.807) is 0 Å². The van der Waals surface area contributed by atoms with E-state index in [9.17, 15) is 10.1 Å². The first-order valence-electron chi connectivity index (χ1n) is 14.7. The Morgan fingerprint density at radius 2 is 1.79 bits per heavy atom. The van der Waals surface area contributed by atoms with Gasteiger partial charge in [-0.25, -0.2) is 6.57 Å². The molecule has 43 heavy (non-hydrogen) atoms. The third-order valence-electron chi connectivity index (χ3n) is 7.43. The van der Waals surface area contributed by atoms with E-state index in [0.717, 1.165) is 53.9 Å². The average molecular weight is 575 g/mol. The summed E-state index contributed by atoms with van der Waals surface area (Å²) < 4.78 is 12.3. The number of ether oxygens (including phenoxy) is 2. The number of para-hydroxylation sites is 1. The minimum Gasteiger partial charge on any atom is -0.473 e. The molecule has 0 saturated heterocycles. The van der Waals surface area contributed by atoms with Crippen molar-refractivity contribution in [3.8, 4) is 17.6 Å². The van der Waals surface area contributed by atoms with Gasteiger partial charge in [-0.15, -0.1) is 0 Å². The normalized spacial score (nSPS) is 12.8. The third kappa shape index (κ3) is 7.64. The van der Waals surface area contributed by atoms with Crippen LogP contribution in [0, 0.1) is 31.8 Å². The smallest absolute Gasteiger partial charge is 0.334 e. The summed E-state index contributed by atoms with van der Waals surface area (Å²) in [4.78, 5) is 16.5. The molecule has 4 aromatic carbocycles. The zero-order valence-corrected chi connectivity index (χ0v) is 25.0. The van der Waals surface area contributed by atoms with Crippen molar-refractivity contribution in [3.05, 3.63) is 107 Å². The van der Waals surface area contributed by atoms with Crippen LogP contribution >= 0.6 is 0 Å². The standard InChI is InChI=1S/C36H38N4O3/c1-5-6-7-11-21-36(24-41,43-34-20-17-26(2)22-27(34)3)40-31-16-12-15-30-29(31)18-19-32(35(30)33(23-37)38-4)39-25-42-28-13-9-8-10-14-28/h8-10,12-20,22,24,33,39-40H,5-7,11,21,25H2,1-3H3. The molecule has 0 heterocycles. The molecule has 2 unspecified atom stereocenters. The number of rotatable bonds is 15. The lowest BCUT2D eigenvalue weighted by molar-refractivity contribution is -0.120. The van der Waals surface area contributed by atoms with Gasteiger partial charge in [0.25, 0.3) is 0 Å². The Hall–Kier alpha value is -5.01. The average Bonchev–Trinajstić information content (AvgIpc) is 3.02. The van der Waals surface area contributed by atoms with Crippen molar-refractivity contribution < 1.29 is 14.3 Å². The molecule has 4 rings (SSSR count). The second-order valence-corrected chi connectivity index (χ2v) is 10.7. The van der Waals surface area contributed by atoms with Gasteiger partial charge < -0.3 is 20.1 Å². The summed E-state index contributed by atoms with van der Waals surface area (Å²) >= 11 is 0. The number of benzene rings is 4. The molecule has 2 atom stereocenters. The first kappa shape index (κ1) is 30.9. The Morgan fingerprint density at radius 3 is 2.49 bits per heavy atom. The number of aldehydes is 1. The molecule has 0 aromatic heterocycles. The summed E-state index contributed by atoms with van der Waals surface area (Å²) in [5.41, 5.74) is 2.63. The zero-order valence-electron chi connectivity index (χ0n) is 25.0. The number of aryl methyl sites for hydroxylation is 2. The number of unbranched alkanes of at least 4 members (excludes halogenated alkanes) is 3. The molecule has 0 aliphatic rings. The number of fused-ring (bicyclic) bond motifs is 1. The van der Waals surface area contributed by atoms with Gasteiger partial charge >= 0.3 is 6.04 Å². The lowest BCUT2D eigenvalue weighted by Crippen LogP contribution is -2.46. The van der Waals surface area contributed by atoms with Crippen molar-refractivity contribution in [2.75, 3.05) is 17.4 Å². The molecule has 4 aromatic rings. The number of anilines is 2. The van der Waals surface area contributed by atoms with Gasteiger partial charge in [0.15, 0.2) is 19.1 Å². The molecule has 0 spiro atoms. The number of nitriles is 1. The van der Waals surface area contributed by atoms with Crippen LogP contribution in [0.3, 0.4) is 0 Å². The van der Waals surface area contributed by atoms with E-state index < -0.39 is 11.8 Å². The fourth-order valence-electron chi connectivity index (χ4n) is 5.21. The molecule has 0 amide bonds. The number of nitrogens with zero attached hydrogens (tertiary/aromatic N) is 2. The van der Waals surface area contributed by atoms with Gasteiger partial charge in [-0.05, 0) is 61.5 Å². The van der Waals surface area contributed by atoms with Gasteiger partial charge in [-0.3, -0.25) is 9.64 Å². The highest BCUT2D eigenvalue weighted by Crippen LogP contribution is 2.38. The third-order valence-corrected chi connectivity index (χ3v) is 7.43. The highest BCUT2D eigenvalue weighted by Gasteiger charge is 2.33. The molecule has 0 saturated carbocycles. The van der Waals surface area contributed by atoms with Crippen molar-refractivity contribution >= 4 is 28.4 Å². The van der Waals surface area contributed by atoms with Gasteiger partial charge in [0.2, 0.25) is 5.72 Å². The highest BCUT2D eigenvalue weighted by molar-refractivity contribution is 6.00. The van der Waals surface area contributed by atoms with Crippen LogP contribution in [0.2, 0.25) is 0 Å². The van der Waals surface area contributed by atoms with E-state index >= 15 is 0 Å². The SMILES string of the molecule is [C-]#[N+]C(C#N)c1c(NCOc2ccccc2)ccc2c(NC(C=O)(CCCCCC)Oc3ccc(C)cc3C)cccc12. The lowest BCUT2D eigenvalue weighted by atomic mass is 9.95. The van der Waals surface area contributed by atoms with Crippen LogP contribution in [-0.4, -0.2) is 18.7 Å². The molecular weight excluding hydrogens is 536 g/mol. The maximum atomic E-state index is 12.9. The number of carbonyl (C=O) groups is 1. The zero-order chi connectivity index (χ0) is 30.7. The van der Waals surface area contributed by atoms with Crippen LogP contribution in [0.1, 0.15) is 61.8 Å². The van der Waals surface area contributed by atoms with Gasteiger partial charge in [0, 0.05) is 23.2 Å². The summed E-state index contributed by atoms with van der Waals surface area (Å²) in [7, 11) is 0. The first-order valence-corrected chi connectivity index (χ1v) is 14.7. The van der Waals surface area contributed by atoms with Crippen LogP contribution in [0.25, 0.3) is 15.6 Å². The Balaban J connectivity index is 1.72. The van der Waals surface area contributed by atoms with Crippen molar-refractivity contribution in [1.29, 1.82) is 5.26 Å². The van der Waals surface area contributed by atoms with Gasteiger partial charge in [0.1, 0.15) is 11.5 Å². The molecule has 7 heteroatoms. The summed E-state index contributed by atoms with van der Waals surface area (Å²) in [5, 5.41) is 18.1. The maximum Gasteiger partial charge on any atom is 0.334 e. The van der Waals surface area contributed by atoms with Crippen molar-refractivity contribution in [1.82, 2.24) is 0 Å². The molecule has 220 valence electrons. The molecular formula is C36H38N4O3.